The molecule has 1 aromatic carbocycles. The predicted octanol–water partition coefficient (Wildman–Crippen LogP) is 4.39. The molecule has 1 fully saturated rings. The van der Waals surface area contributed by atoms with Crippen LogP contribution >= 0.6 is 11.3 Å². The van der Waals surface area contributed by atoms with Crippen molar-refractivity contribution in [2.75, 3.05) is 12.4 Å². The van der Waals surface area contributed by atoms with Crippen molar-refractivity contribution in [3.8, 4) is 0 Å². The molecule has 4 nitrogen and oxygen atoms in total. The number of anilines is 1. The number of carbonyl (C=O) groups excluding carboxylic acids is 2. The van der Waals surface area contributed by atoms with Gasteiger partial charge in [-0.1, -0.05) is 12.1 Å². The van der Waals surface area contributed by atoms with Gasteiger partial charge in [0.1, 0.15) is 0 Å². The van der Waals surface area contributed by atoms with E-state index in [1.54, 1.807) is 19.2 Å². The largest absolute Gasteiger partial charge is 0.416 e. The molecule has 8 heteroatoms. The summed E-state index contributed by atoms with van der Waals surface area (Å²) in [5.41, 5.74) is -0.114. The molecule has 1 saturated carbocycles. The second kappa shape index (κ2) is 7.11. The lowest BCUT2D eigenvalue weighted by Crippen LogP contribution is -2.25. The summed E-state index contributed by atoms with van der Waals surface area (Å²) in [6.45, 7) is 0.193. The van der Waals surface area contributed by atoms with E-state index in [0.29, 0.717) is 15.4 Å². The van der Waals surface area contributed by atoms with Crippen molar-refractivity contribution < 1.29 is 22.8 Å². The van der Waals surface area contributed by atoms with Crippen LogP contribution in [0.1, 0.15) is 33.6 Å². The van der Waals surface area contributed by atoms with Gasteiger partial charge < -0.3 is 10.2 Å². The van der Waals surface area contributed by atoms with Crippen LogP contribution in [0.15, 0.2) is 36.4 Å². The van der Waals surface area contributed by atoms with Crippen LogP contribution in [0.5, 0.6) is 0 Å². The minimum Gasteiger partial charge on any atom is -0.337 e. The molecule has 2 aromatic rings. The molecular weight excluding hydrogens is 365 g/mol. The third kappa shape index (κ3) is 4.43. The maximum absolute atomic E-state index is 12.6. The molecule has 0 spiro atoms. The van der Waals surface area contributed by atoms with Gasteiger partial charge in [-0.3, -0.25) is 9.59 Å². The lowest BCUT2D eigenvalue weighted by Gasteiger charge is -2.17. The Balaban J connectivity index is 1.60. The molecule has 3 rings (SSSR count). The number of nitrogens with zero attached hydrogens (tertiary/aromatic N) is 1. The minimum absolute atomic E-state index is 0.0241. The monoisotopic (exact) mass is 382 g/mol. The molecule has 1 aromatic heterocycles. The van der Waals surface area contributed by atoms with Gasteiger partial charge in [-0.2, -0.15) is 13.2 Å². The number of thiophene rings is 1. The molecule has 2 amide bonds. The van der Waals surface area contributed by atoms with Crippen LogP contribution in [-0.2, 0) is 17.5 Å². The lowest BCUT2D eigenvalue weighted by molar-refractivity contribution is -0.137. The van der Waals surface area contributed by atoms with Crippen LogP contribution in [0.2, 0.25) is 0 Å². The molecule has 26 heavy (non-hydrogen) atoms. The molecule has 0 radical (unpaired) electrons. The first kappa shape index (κ1) is 18.4. The zero-order valence-corrected chi connectivity index (χ0v) is 14.8. The van der Waals surface area contributed by atoms with Crippen molar-refractivity contribution >= 4 is 28.2 Å². The van der Waals surface area contributed by atoms with Crippen LogP contribution in [-0.4, -0.2) is 23.8 Å². The third-order valence-corrected chi connectivity index (χ3v) is 5.05. The van der Waals surface area contributed by atoms with Crippen LogP contribution in [0.3, 0.4) is 0 Å². The predicted molar refractivity (Wildman–Crippen MR) is 92.9 cm³/mol. The van der Waals surface area contributed by atoms with E-state index in [2.05, 4.69) is 5.32 Å². The van der Waals surface area contributed by atoms with Gasteiger partial charge >= 0.3 is 6.18 Å². The summed E-state index contributed by atoms with van der Waals surface area (Å²) in [6.07, 6.45) is -2.57. The first-order valence-corrected chi connectivity index (χ1v) is 8.88. The average Bonchev–Trinajstić information content (AvgIpc) is 3.34. The number of benzene rings is 1. The summed E-state index contributed by atoms with van der Waals surface area (Å²) in [7, 11) is 1.59. The molecule has 0 aliphatic heterocycles. The summed E-state index contributed by atoms with van der Waals surface area (Å²) in [5.74, 6) is -0.190. The van der Waals surface area contributed by atoms with Crippen LogP contribution in [0.4, 0.5) is 18.2 Å². The number of amides is 2. The first-order chi connectivity index (χ1) is 12.2. The van der Waals surface area contributed by atoms with Gasteiger partial charge in [0.05, 0.1) is 15.4 Å². The quantitative estimate of drug-likeness (QED) is 0.834. The smallest absolute Gasteiger partial charge is 0.337 e. The van der Waals surface area contributed by atoms with Crippen LogP contribution in [0.25, 0.3) is 0 Å². The molecule has 0 saturated heterocycles. The highest BCUT2D eigenvalue weighted by atomic mass is 32.1. The molecule has 0 bridgehead atoms. The standard InChI is InChI=1S/C18H17F3N2O2S/c1-23(10-11-2-6-13(7-3-11)18(19,20)21)17(25)14-8-9-15(26-14)22-16(24)12-4-5-12/h2-3,6-9,12H,4-5,10H2,1H3,(H,22,24). The Kier molecular flexibility index (Phi) is 5.04. The molecule has 138 valence electrons. The van der Waals surface area contributed by atoms with Crippen LogP contribution < -0.4 is 5.32 Å². The van der Waals surface area contributed by atoms with Gasteiger partial charge in [-0.25, -0.2) is 0 Å². The molecule has 0 unspecified atom stereocenters. The summed E-state index contributed by atoms with van der Waals surface area (Å²) in [4.78, 5) is 26.1. The third-order valence-electron chi connectivity index (χ3n) is 4.06. The number of nitrogens with one attached hydrogen (secondary N) is 1. The molecule has 0 atom stereocenters. The number of rotatable bonds is 5. The number of hydrogen-bond acceptors (Lipinski definition) is 3. The second-order valence-electron chi connectivity index (χ2n) is 6.28. The summed E-state index contributed by atoms with van der Waals surface area (Å²) >= 11 is 1.19. The number of alkyl halides is 3. The van der Waals surface area contributed by atoms with Crippen molar-refractivity contribution in [3.63, 3.8) is 0 Å². The Morgan fingerprint density at radius 1 is 1.15 bits per heavy atom. The van der Waals surface area contributed by atoms with Gasteiger partial charge in [-0.05, 0) is 42.7 Å². The summed E-state index contributed by atoms with van der Waals surface area (Å²) in [6, 6.07) is 8.06. The highest BCUT2D eigenvalue weighted by Gasteiger charge is 2.30. The van der Waals surface area contributed by atoms with Gasteiger partial charge in [-0.15, -0.1) is 11.3 Å². The van der Waals surface area contributed by atoms with E-state index in [0.717, 1.165) is 25.0 Å². The molecule has 1 aliphatic rings. The van der Waals surface area contributed by atoms with Crippen molar-refractivity contribution in [1.82, 2.24) is 4.90 Å². The van der Waals surface area contributed by atoms with Crippen LogP contribution in [0, 0.1) is 5.92 Å². The summed E-state index contributed by atoms with van der Waals surface area (Å²) in [5, 5.41) is 3.41. The average molecular weight is 382 g/mol. The molecule has 1 heterocycles. The maximum atomic E-state index is 12.6. The number of hydrogen-bond donors (Lipinski definition) is 1. The Morgan fingerprint density at radius 2 is 1.81 bits per heavy atom. The Hall–Kier alpha value is -2.35. The zero-order valence-electron chi connectivity index (χ0n) is 14.0. The fourth-order valence-corrected chi connectivity index (χ4v) is 3.33. The topological polar surface area (TPSA) is 49.4 Å². The highest BCUT2D eigenvalue weighted by molar-refractivity contribution is 7.18. The Morgan fingerprint density at radius 3 is 2.38 bits per heavy atom. The second-order valence-corrected chi connectivity index (χ2v) is 7.37. The molecular formula is C18H17F3N2O2S. The van der Waals surface area contributed by atoms with Gasteiger partial charge in [0.15, 0.2) is 0 Å². The Labute approximate surface area is 152 Å². The van der Waals surface area contributed by atoms with E-state index >= 15 is 0 Å². The summed E-state index contributed by atoms with van der Waals surface area (Å²) < 4.78 is 37.8. The van der Waals surface area contributed by atoms with E-state index < -0.39 is 11.7 Å². The van der Waals surface area contributed by atoms with E-state index in [1.165, 1.54) is 28.4 Å². The lowest BCUT2D eigenvalue weighted by atomic mass is 10.1. The minimum atomic E-state index is -4.38. The van der Waals surface area contributed by atoms with Crippen molar-refractivity contribution in [2.45, 2.75) is 25.6 Å². The highest BCUT2D eigenvalue weighted by Crippen LogP contribution is 2.32. The molecule has 1 N–H and O–H groups in total. The van der Waals surface area contributed by atoms with Gasteiger partial charge in [0, 0.05) is 19.5 Å². The van der Waals surface area contributed by atoms with E-state index in [4.69, 9.17) is 0 Å². The van der Waals surface area contributed by atoms with Crippen molar-refractivity contribution in [1.29, 1.82) is 0 Å². The fraction of sp³-hybridized carbons (Fsp3) is 0.333. The van der Waals surface area contributed by atoms with E-state index in [1.807, 2.05) is 0 Å². The first-order valence-electron chi connectivity index (χ1n) is 8.06. The maximum Gasteiger partial charge on any atom is 0.416 e. The van der Waals surface area contributed by atoms with Gasteiger partial charge in [0.25, 0.3) is 5.91 Å². The van der Waals surface area contributed by atoms with Gasteiger partial charge in [0.2, 0.25) is 5.91 Å². The van der Waals surface area contributed by atoms with Crippen molar-refractivity contribution in [3.05, 3.63) is 52.4 Å². The Bertz CT molecular complexity index is 811. The number of halogens is 3. The van der Waals surface area contributed by atoms with E-state index in [-0.39, 0.29) is 24.3 Å². The fourth-order valence-electron chi connectivity index (χ4n) is 2.42. The normalized spacial score (nSPS) is 14.2. The molecule has 1 aliphatic carbocycles. The zero-order chi connectivity index (χ0) is 18.9. The number of carbonyl (C=O) groups is 2. The van der Waals surface area contributed by atoms with E-state index in [9.17, 15) is 22.8 Å². The van der Waals surface area contributed by atoms with Crippen molar-refractivity contribution in [2.24, 2.45) is 5.92 Å². The SMILES string of the molecule is CN(Cc1ccc(C(F)(F)F)cc1)C(=O)c1ccc(NC(=O)C2CC2)s1.